The number of rotatable bonds is 5. The fourth-order valence-corrected chi connectivity index (χ4v) is 7.78. The summed E-state index contributed by atoms with van der Waals surface area (Å²) in [6, 6.07) is 2.04. The van der Waals surface area contributed by atoms with Gasteiger partial charge < -0.3 is 23.9 Å². The van der Waals surface area contributed by atoms with E-state index in [1.807, 2.05) is 33.8 Å². The quantitative estimate of drug-likeness (QED) is 0.168. The molecule has 230 valence electrons. The van der Waals surface area contributed by atoms with Crippen molar-refractivity contribution in [3.63, 3.8) is 0 Å². The van der Waals surface area contributed by atoms with Gasteiger partial charge in [0, 0.05) is 41.5 Å². The Morgan fingerprint density at radius 3 is 2.75 bits per heavy atom. The number of fused-ring (bicyclic) bond motifs is 4. The second kappa shape index (κ2) is 11.0. The van der Waals surface area contributed by atoms with Crippen LogP contribution in [0.25, 0.3) is 38.7 Å². The Morgan fingerprint density at radius 1 is 1.11 bits per heavy atom. The van der Waals surface area contributed by atoms with E-state index in [1.165, 1.54) is 11.8 Å². The first-order valence-electron chi connectivity index (χ1n) is 15.1. The lowest BCUT2D eigenvalue weighted by atomic mass is 9.96. The van der Waals surface area contributed by atoms with Crippen molar-refractivity contribution in [1.29, 1.82) is 0 Å². The molecule has 6 heterocycles. The molecule has 2 saturated heterocycles. The first-order chi connectivity index (χ1) is 21.3. The van der Waals surface area contributed by atoms with Gasteiger partial charge in [0.25, 0.3) is 0 Å². The average Bonchev–Trinajstić information content (AvgIpc) is 3.75. The highest BCUT2D eigenvalue weighted by atomic mass is 35.5. The predicted octanol–water partition coefficient (Wildman–Crippen LogP) is 6.49. The van der Waals surface area contributed by atoms with Gasteiger partial charge in [0.15, 0.2) is 17.2 Å². The molecule has 0 bridgehead atoms. The minimum Gasteiger partial charge on any atom is -0.386 e. The highest BCUT2D eigenvalue weighted by Gasteiger charge is 2.35. The van der Waals surface area contributed by atoms with Gasteiger partial charge in [-0.1, -0.05) is 35.0 Å². The van der Waals surface area contributed by atoms with Crippen LogP contribution in [-0.4, -0.2) is 79.0 Å². The molecule has 0 radical (unpaired) electrons. The van der Waals surface area contributed by atoms with E-state index in [4.69, 9.17) is 52.7 Å². The summed E-state index contributed by atoms with van der Waals surface area (Å²) in [4.78, 5) is 16.9. The van der Waals surface area contributed by atoms with E-state index in [9.17, 15) is 5.11 Å². The summed E-state index contributed by atoms with van der Waals surface area (Å²) in [6.45, 7) is 4.17. The summed E-state index contributed by atoms with van der Waals surface area (Å²) in [5, 5.41) is 18.6. The van der Waals surface area contributed by atoms with Crippen LogP contribution in [0.2, 0.25) is 10.0 Å². The molecule has 0 spiro atoms. The van der Waals surface area contributed by atoms with E-state index in [0.717, 1.165) is 77.5 Å². The fraction of sp³-hybridized carbons (Fsp3) is 0.484. The maximum Gasteiger partial charge on any atom is 0.189 e. The van der Waals surface area contributed by atoms with Crippen LogP contribution in [0.4, 0.5) is 5.82 Å². The number of halogens is 2. The van der Waals surface area contributed by atoms with Crippen LogP contribution in [0.5, 0.6) is 0 Å². The number of nitrogens with zero attached hydrogens (tertiary/aromatic N) is 7. The Kier molecular flexibility index (Phi) is 7.19. The Balaban J connectivity index is 1.40. The van der Waals surface area contributed by atoms with Crippen LogP contribution in [0, 0.1) is 0 Å². The molecule has 1 aromatic carbocycles. The van der Waals surface area contributed by atoms with Crippen LogP contribution >= 0.6 is 35.0 Å². The molecule has 10 nitrogen and oxygen atoms in total. The second-order valence-electron chi connectivity index (χ2n) is 12.3. The van der Waals surface area contributed by atoms with Crippen molar-refractivity contribution in [2.75, 3.05) is 44.1 Å². The van der Waals surface area contributed by atoms with Crippen molar-refractivity contribution in [2.24, 2.45) is 0 Å². The van der Waals surface area contributed by atoms with Crippen molar-refractivity contribution in [1.82, 2.24) is 29.1 Å². The molecule has 5 aromatic rings. The first kappa shape index (κ1) is 28.8. The zero-order chi connectivity index (χ0) is 30.2. The van der Waals surface area contributed by atoms with E-state index in [-0.39, 0.29) is 12.8 Å². The molecule has 4 aromatic heterocycles. The fourth-order valence-electron chi connectivity index (χ4n) is 6.75. The van der Waals surface area contributed by atoms with Crippen LogP contribution in [0.3, 0.4) is 0 Å². The Hall–Kier alpha value is -2.67. The second-order valence-corrected chi connectivity index (χ2v) is 13.8. The maximum absolute atomic E-state index is 11.0. The van der Waals surface area contributed by atoms with Crippen molar-refractivity contribution >= 4 is 68.2 Å². The summed E-state index contributed by atoms with van der Waals surface area (Å²) in [7, 11) is 0. The maximum atomic E-state index is 11.0. The molecule has 1 saturated carbocycles. The van der Waals surface area contributed by atoms with E-state index < -0.39 is 5.60 Å². The Morgan fingerprint density at radius 2 is 1.98 bits per heavy atom. The number of thioether (sulfide) groups is 1. The van der Waals surface area contributed by atoms with Crippen LogP contribution < -0.4 is 4.90 Å². The van der Waals surface area contributed by atoms with Gasteiger partial charge >= 0.3 is 0 Å². The standard InChI is InChI=1S/C31H33Cl2N7O3S/c1-31(41)15-38(10-12-42-16-31)29-28-26(36-30(37-29)44-2)24(33)27-25(34-8-9-39(27)28)23-18-14-35-40(21-5-3-4-11-43-21)20(18)13-19(32)22(23)17-6-7-17/h8-9,13-14,17,21,41H,3-7,10-12,15-16H2,1-2H3/t21?,31-/m0/s1. The summed E-state index contributed by atoms with van der Waals surface area (Å²) >= 11 is 15.9. The molecule has 44 heavy (non-hydrogen) atoms. The summed E-state index contributed by atoms with van der Waals surface area (Å²) in [5.41, 5.74) is 4.80. The van der Waals surface area contributed by atoms with Crippen LogP contribution in [-0.2, 0) is 9.47 Å². The minimum atomic E-state index is -1.04. The number of hydrogen-bond donors (Lipinski definition) is 1. The molecule has 1 aliphatic carbocycles. The largest absolute Gasteiger partial charge is 0.386 e. The topological polar surface area (TPSA) is 103 Å². The molecular weight excluding hydrogens is 621 g/mol. The highest BCUT2D eigenvalue weighted by molar-refractivity contribution is 7.98. The van der Waals surface area contributed by atoms with Gasteiger partial charge in [0.2, 0.25) is 0 Å². The molecule has 2 atom stereocenters. The van der Waals surface area contributed by atoms with E-state index >= 15 is 0 Å². The summed E-state index contributed by atoms with van der Waals surface area (Å²) in [5.74, 6) is 1.05. The third-order valence-corrected chi connectivity index (χ3v) is 10.1. The van der Waals surface area contributed by atoms with Gasteiger partial charge in [0.05, 0.1) is 47.7 Å². The third-order valence-electron chi connectivity index (χ3n) is 8.86. The summed E-state index contributed by atoms with van der Waals surface area (Å²) in [6.07, 6.45) is 12.6. The SMILES string of the molecule is CSc1nc(N2CCOC[C@@](C)(O)C2)c2c(n1)c(Cl)c1c(-c3c(C4CC4)c(Cl)cc4c3cnn4C3CCCCO3)nccn12. The number of ether oxygens (including phenoxy) is 2. The van der Waals surface area contributed by atoms with Crippen molar-refractivity contribution in [2.45, 2.75) is 61.9 Å². The third kappa shape index (κ3) is 4.75. The van der Waals surface area contributed by atoms with Gasteiger partial charge in [-0.15, -0.1) is 0 Å². The zero-order valence-corrected chi connectivity index (χ0v) is 26.9. The smallest absolute Gasteiger partial charge is 0.189 e. The van der Waals surface area contributed by atoms with Gasteiger partial charge in [0.1, 0.15) is 16.6 Å². The lowest BCUT2D eigenvalue weighted by Gasteiger charge is -2.28. The number of benzene rings is 1. The molecule has 3 aliphatic rings. The Labute approximate surface area is 268 Å². The number of anilines is 1. The van der Waals surface area contributed by atoms with Crippen LogP contribution in [0.1, 0.15) is 56.7 Å². The highest BCUT2D eigenvalue weighted by Crippen LogP contribution is 2.52. The van der Waals surface area contributed by atoms with E-state index in [0.29, 0.717) is 52.2 Å². The zero-order valence-electron chi connectivity index (χ0n) is 24.6. The molecule has 0 amide bonds. The average molecular weight is 655 g/mol. The van der Waals surface area contributed by atoms with Crippen molar-refractivity contribution in [3.05, 3.63) is 40.3 Å². The number of hydrogen-bond acceptors (Lipinski definition) is 9. The molecule has 3 fully saturated rings. The van der Waals surface area contributed by atoms with Gasteiger partial charge in [-0.2, -0.15) is 5.10 Å². The van der Waals surface area contributed by atoms with Crippen molar-refractivity contribution in [3.8, 4) is 11.3 Å². The predicted molar refractivity (Wildman–Crippen MR) is 173 cm³/mol. The first-order valence-corrected chi connectivity index (χ1v) is 17.1. The van der Waals surface area contributed by atoms with Gasteiger partial charge in [-0.05, 0) is 62.8 Å². The van der Waals surface area contributed by atoms with Crippen molar-refractivity contribution < 1.29 is 14.6 Å². The summed E-state index contributed by atoms with van der Waals surface area (Å²) < 4.78 is 15.9. The number of β-amino-alcohol motifs (C(OH)–C–C–N with tert-alkyl or cyclic N) is 1. The van der Waals surface area contributed by atoms with E-state index in [1.54, 1.807) is 13.1 Å². The molecule has 1 unspecified atom stereocenters. The van der Waals surface area contributed by atoms with Crippen LogP contribution in [0.15, 0.2) is 29.8 Å². The number of aromatic nitrogens is 6. The number of aliphatic hydroxyl groups is 1. The minimum absolute atomic E-state index is 0.127. The molecular formula is C31H33Cl2N7O3S. The lowest BCUT2D eigenvalue weighted by Crippen LogP contribution is -2.42. The van der Waals surface area contributed by atoms with E-state index in [2.05, 4.69) is 4.90 Å². The molecule has 2 aliphatic heterocycles. The molecule has 1 N–H and O–H groups in total. The molecule has 8 rings (SSSR count). The van der Waals surface area contributed by atoms with Gasteiger partial charge in [-0.25, -0.2) is 14.6 Å². The lowest BCUT2D eigenvalue weighted by molar-refractivity contribution is -0.0366. The monoisotopic (exact) mass is 653 g/mol. The molecule has 13 heteroatoms. The normalized spacial score (nSPS) is 23.2. The van der Waals surface area contributed by atoms with Gasteiger partial charge in [-0.3, -0.25) is 4.98 Å². The Bertz CT molecular complexity index is 1920.